The molecule has 19 heavy (non-hydrogen) atoms. The molecule has 0 spiro atoms. The average Bonchev–Trinajstić information content (AvgIpc) is 2.36. The highest BCUT2D eigenvalue weighted by molar-refractivity contribution is 7.89. The normalized spacial score (nSPS) is 15.7. The topological polar surface area (TPSA) is 67.9 Å². The summed E-state index contributed by atoms with van der Waals surface area (Å²) in [7, 11) is -0.224. The fourth-order valence-electron chi connectivity index (χ4n) is 1.79. The summed E-state index contributed by atoms with van der Waals surface area (Å²) in [5.41, 5.74) is 0. The van der Waals surface area contributed by atoms with Gasteiger partial charge < -0.3 is 14.8 Å². The SMILES string of the molecule is CCNCC(C)S(=O)(=O)N(CCOC)C(C)COC. The third kappa shape index (κ3) is 6.18. The molecule has 0 aliphatic rings. The zero-order chi connectivity index (χ0) is 14.9. The van der Waals surface area contributed by atoms with E-state index >= 15 is 0 Å². The van der Waals surface area contributed by atoms with Gasteiger partial charge in [0.25, 0.3) is 0 Å². The number of nitrogens with zero attached hydrogens (tertiary/aromatic N) is 1. The Morgan fingerprint density at radius 2 is 1.84 bits per heavy atom. The summed E-state index contributed by atoms with van der Waals surface area (Å²) >= 11 is 0. The summed E-state index contributed by atoms with van der Waals surface area (Å²) in [6.45, 7) is 7.81. The van der Waals surface area contributed by atoms with Crippen molar-refractivity contribution in [3.05, 3.63) is 0 Å². The molecule has 116 valence electrons. The van der Waals surface area contributed by atoms with Crippen molar-refractivity contribution in [3.63, 3.8) is 0 Å². The maximum atomic E-state index is 12.5. The molecule has 0 radical (unpaired) electrons. The molecular weight excluding hydrogens is 268 g/mol. The molecule has 6 nitrogen and oxygen atoms in total. The van der Waals surface area contributed by atoms with Gasteiger partial charge in [-0.15, -0.1) is 0 Å². The van der Waals surface area contributed by atoms with Crippen LogP contribution < -0.4 is 5.32 Å². The van der Waals surface area contributed by atoms with Crippen LogP contribution >= 0.6 is 0 Å². The van der Waals surface area contributed by atoms with Crippen LogP contribution in [0.15, 0.2) is 0 Å². The van der Waals surface area contributed by atoms with E-state index in [-0.39, 0.29) is 6.04 Å². The van der Waals surface area contributed by atoms with Gasteiger partial charge in [0.15, 0.2) is 0 Å². The first-order chi connectivity index (χ1) is 8.91. The molecule has 0 rings (SSSR count). The third-order valence-corrected chi connectivity index (χ3v) is 5.31. The molecule has 0 fully saturated rings. The van der Waals surface area contributed by atoms with E-state index in [1.807, 2.05) is 13.8 Å². The number of nitrogens with one attached hydrogen (secondary N) is 1. The van der Waals surface area contributed by atoms with Gasteiger partial charge in [-0.2, -0.15) is 4.31 Å². The maximum absolute atomic E-state index is 12.5. The Labute approximate surface area is 117 Å². The van der Waals surface area contributed by atoms with Gasteiger partial charge in [-0.3, -0.25) is 0 Å². The number of hydrogen-bond donors (Lipinski definition) is 1. The number of sulfonamides is 1. The molecule has 0 aromatic heterocycles. The van der Waals surface area contributed by atoms with Gasteiger partial charge in [0.1, 0.15) is 0 Å². The van der Waals surface area contributed by atoms with Crippen molar-refractivity contribution in [1.29, 1.82) is 0 Å². The Morgan fingerprint density at radius 3 is 2.32 bits per heavy atom. The molecule has 0 aliphatic carbocycles. The van der Waals surface area contributed by atoms with Crippen LogP contribution in [0.4, 0.5) is 0 Å². The Hall–Kier alpha value is -0.210. The lowest BCUT2D eigenvalue weighted by Gasteiger charge is -2.30. The fraction of sp³-hybridized carbons (Fsp3) is 1.00. The highest BCUT2D eigenvalue weighted by atomic mass is 32.2. The van der Waals surface area contributed by atoms with Crippen LogP contribution in [0.2, 0.25) is 0 Å². The quantitative estimate of drug-likeness (QED) is 0.594. The van der Waals surface area contributed by atoms with Crippen molar-refractivity contribution >= 4 is 10.0 Å². The lowest BCUT2D eigenvalue weighted by molar-refractivity contribution is 0.118. The van der Waals surface area contributed by atoms with Gasteiger partial charge in [-0.25, -0.2) is 8.42 Å². The Morgan fingerprint density at radius 1 is 1.21 bits per heavy atom. The second kappa shape index (κ2) is 9.66. The van der Waals surface area contributed by atoms with Gasteiger partial charge in [0, 0.05) is 33.4 Å². The Kier molecular flexibility index (Phi) is 9.55. The zero-order valence-electron chi connectivity index (χ0n) is 12.7. The average molecular weight is 296 g/mol. The zero-order valence-corrected chi connectivity index (χ0v) is 13.5. The van der Waals surface area contributed by atoms with E-state index in [9.17, 15) is 8.42 Å². The third-order valence-electron chi connectivity index (χ3n) is 2.93. The summed E-state index contributed by atoms with van der Waals surface area (Å²) in [5, 5.41) is 2.60. The predicted molar refractivity (Wildman–Crippen MR) is 76.8 cm³/mol. The second-order valence-corrected chi connectivity index (χ2v) is 6.87. The van der Waals surface area contributed by atoms with Crippen LogP contribution in [0, 0.1) is 0 Å². The van der Waals surface area contributed by atoms with Crippen molar-refractivity contribution < 1.29 is 17.9 Å². The molecule has 0 aliphatic heterocycles. The van der Waals surface area contributed by atoms with Crippen molar-refractivity contribution in [1.82, 2.24) is 9.62 Å². The van der Waals surface area contributed by atoms with Crippen LogP contribution in [0.25, 0.3) is 0 Å². The van der Waals surface area contributed by atoms with Crippen LogP contribution in [0.5, 0.6) is 0 Å². The minimum absolute atomic E-state index is 0.200. The van der Waals surface area contributed by atoms with Gasteiger partial charge in [0.05, 0.1) is 18.5 Å². The van der Waals surface area contributed by atoms with Crippen molar-refractivity contribution in [2.45, 2.75) is 32.1 Å². The molecule has 0 amide bonds. The summed E-state index contributed by atoms with van der Waals surface area (Å²) < 4.78 is 36.6. The molecule has 1 N–H and O–H groups in total. The standard InChI is InChI=1S/C12H28N2O4S/c1-6-13-9-12(3)19(15,16)14(7-8-17-4)11(2)10-18-5/h11-13H,6-10H2,1-5H3. The van der Waals surface area contributed by atoms with E-state index in [0.29, 0.717) is 26.3 Å². The molecule has 2 unspecified atom stereocenters. The molecule has 0 aromatic rings. The predicted octanol–water partition coefficient (Wildman–Crippen LogP) is 0.298. The van der Waals surface area contributed by atoms with E-state index in [4.69, 9.17) is 9.47 Å². The van der Waals surface area contributed by atoms with Crippen molar-refractivity contribution in [2.24, 2.45) is 0 Å². The first kappa shape index (κ1) is 18.8. The maximum Gasteiger partial charge on any atom is 0.218 e. The van der Waals surface area contributed by atoms with Gasteiger partial charge in [-0.1, -0.05) is 6.92 Å². The summed E-state index contributed by atoms with van der Waals surface area (Å²) in [4.78, 5) is 0. The van der Waals surface area contributed by atoms with E-state index in [1.165, 1.54) is 4.31 Å². The highest BCUT2D eigenvalue weighted by Gasteiger charge is 2.31. The van der Waals surface area contributed by atoms with Crippen molar-refractivity contribution in [2.75, 3.05) is 47.1 Å². The molecule has 0 bridgehead atoms. The number of methoxy groups -OCH3 is 2. The minimum Gasteiger partial charge on any atom is -0.383 e. The van der Waals surface area contributed by atoms with E-state index in [1.54, 1.807) is 21.1 Å². The van der Waals surface area contributed by atoms with Gasteiger partial charge >= 0.3 is 0 Å². The summed E-state index contributed by atoms with van der Waals surface area (Å²) in [5.74, 6) is 0. The Balaban J connectivity index is 4.88. The first-order valence-electron chi connectivity index (χ1n) is 6.61. The lowest BCUT2D eigenvalue weighted by atomic mass is 10.3. The van der Waals surface area contributed by atoms with Gasteiger partial charge in [-0.05, 0) is 20.4 Å². The van der Waals surface area contributed by atoms with E-state index < -0.39 is 15.3 Å². The van der Waals surface area contributed by atoms with Crippen LogP contribution in [0.1, 0.15) is 20.8 Å². The summed E-state index contributed by atoms with van der Waals surface area (Å²) in [6.07, 6.45) is 0. The summed E-state index contributed by atoms with van der Waals surface area (Å²) in [6, 6.07) is -0.200. The number of hydrogen-bond acceptors (Lipinski definition) is 5. The number of rotatable bonds is 11. The Bertz CT molecular complexity index is 322. The van der Waals surface area contributed by atoms with Crippen LogP contribution in [0.3, 0.4) is 0 Å². The number of ether oxygens (including phenoxy) is 2. The molecule has 0 aromatic carbocycles. The smallest absolute Gasteiger partial charge is 0.218 e. The van der Waals surface area contributed by atoms with Gasteiger partial charge in [0.2, 0.25) is 10.0 Å². The van der Waals surface area contributed by atoms with E-state index in [0.717, 1.165) is 6.54 Å². The molecule has 7 heteroatoms. The lowest BCUT2D eigenvalue weighted by Crippen LogP contribution is -2.48. The highest BCUT2D eigenvalue weighted by Crippen LogP contribution is 2.13. The van der Waals surface area contributed by atoms with E-state index in [2.05, 4.69) is 5.32 Å². The molecule has 0 saturated carbocycles. The monoisotopic (exact) mass is 296 g/mol. The van der Waals surface area contributed by atoms with Crippen LogP contribution in [-0.4, -0.2) is 71.1 Å². The molecule has 0 heterocycles. The molecule has 0 saturated heterocycles. The largest absolute Gasteiger partial charge is 0.383 e. The van der Waals surface area contributed by atoms with Crippen LogP contribution in [-0.2, 0) is 19.5 Å². The minimum atomic E-state index is -3.36. The first-order valence-corrected chi connectivity index (χ1v) is 8.11. The molecular formula is C12H28N2O4S. The van der Waals surface area contributed by atoms with Crippen molar-refractivity contribution in [3.8, 4) is 0 Å². The fourth-order valence-corrected chi connectivity index (χ4v) is 3.47. The second-order valence-electron chi connectivity index (χ2n) is 4.57. The molecule has 2 atom stereocenters.